The molecule has 22 heavy (non-hydrogen) atoms. The molecule has 0 spiro atoms. The molecule has 3 nitrogen and oxygen atoms in total. The van der Waals surface area contributed by atoms with Gasteiger partial charge in [-0.3, -0.25) is 4.79 Å². The van der Waals surface area contributed by atoms with Gasteiger partial charge in [0.05, 0.1) is 0 Å². The van der Waals surface area contributed by atoms with Crippen molar-refractivity contribution >= 4 is 5.97 Å². The normalized spacial score (nSPS) is 15.5. The van der Waals surface area contributed by atoms with Gasteiger partial charge in [0.25, 0.3) is 0 Å². The van der Waals surface area contributed by atoms with Crippen LogP contribution in [0.15, 0.2) is 0 Å². The van der Waals surface area contributed by atoms with E-state index < -0.39 is 12.0 Å². The molecule has 0 amide bonds. The van der Waals surface area contributed by atoms with Crippen LogP contribution in [0.5, 0.6) is 0 Å². The van der Waals surface area contributed by atoms with E-state index in [1.54, 1.807) is 0 Å². The number of nitrogens with two attached hydrogens (primary N) is 1. The van der Waals surface area contributed by atoms with Gasteiger partial charge in [-0.25, -0.2) is 0 Å². The predicted molar refractivity (Wildman–Crippen MR) is 95.0 cm³/mol. The van der Waals surface area contributed by atoms with Gasteiger partial charge in [-0.2, -0.15) is 0 Å². The molecule has 0 saturated heterocycles. The zero-order valence-electron chi connectivity index (χ0n) is 15.2. The van der Waals surface area contributed by atoms with Gasteiger partial charge in [0.2, 0.25) is 0 Å². The second kappa shape index (κ2) is 14.0. The number of carbonyl (C=O) groups is 1. The summed E-state index contributed by atoms with van der Waals surface area (Å²) in [6.07, 6.45) is 14.7. The molecule has 0 aromatic rings. The molecule has 0 aliphatic carbocycles. The third kappa shape index (κ3) is 13.1. The summed E-state index contributed by atoms with van der Waals surface area (Å²) in [7, 11) is 0. The van der Waals surface area contributed by atoms with Crippen molar-refractivity contribution in [2.45, 2.75) is 104 Å². The van der Waals surface area contributed by atoms with Crippen LogP contribution in [0.2, 0.25) is 0 Å². The minimum absolute atomic E-state index is 0.612. The van der Waals surface area contributed by atoms with Gasteiger partial charge in [0.1, 0.15) is 6.04 Å². The molecule has 0 fully saturated rings. The minimum atomic E-state index is -0.873. The van der Waals surface area contributed by atoms with Crippen LogP contribution in [0, 0.1) is 11.8 Å². The average molecular weight is 314 g/mol. The largest absolute Gasteiger partial charge is 0.480 e. The van der Waals surface area contributed by atoms with Crippen LogP contribution in [-0.2, 0) is 4.79 Å². The van der Waals surface area contributed by atoms with Gasteiger partial charge < -0.3 is 10.8 Å². The molecule has 0 radical (unpaired) electrons. The lowest BCUT2D eigenvalue weighted by molar-refractivity contribution is -0.138. The van der Waals surface area contributed by atoms with E-state index in [9.17, 15) is 4.79 Å². The molecule has 0 bridgehead atoms. The standard InChI is InChI=1S/C19H39NO2/c1-4-5-11-16(2)13-10-14-17(3)12-8-6-7-9-15-18(20)19(21)22/h16-18H,4-15,20H2,1-3H3,(H,21,22). The highest BCUT2D eigenvalue weighted by Crippen LogP contribution is 2.20. The molecule has 0 aliphatic heterocycles. The molecule has 0 saturated carbocycles. The Hall–Kier alpha value is -0.570. The highest BCUT2D eigenvalue weighted by molar-refractivity contribution is 5.72. The van der Waals surface area contributed by atoms with Crippen molar-refractivity contribution in [1.29, 1.82) is 0 Å². The maximum Gasteiger partial charge on any atom is 0.320 e. The molecule has 0 rings (SSSR count). The zero-order valence-corrected chi connectivity index (χ0v) is 15.2. The van der Waals surface area contributed by atoms with Crippen molar-refractivity contribution in [3.05, 3.63) is 0 Å². The first-order valence-electron chi connectivity index (χ1n) is 9.45. The molecule has 0 heterocycles. The Morgan fingerprint density at radius 1 is 0.818 bits per heavy atom. The number of carboxylic acids is 1. The monoisotopic (exact) mass is 313 g/mol. The lowest BCUT2D eigenvalue weighted by Crippen LogP contribution is -2.29. The minimum Gasteiger partial charge on any atom is -0.480 e. The molecule has 3 N–H and O–H groups in total. The SMILES string of the molecule is CCCCC(C)CCCC(C)CCCCCCC(N)C(=O)O. The molecule has 3 heteroatoms. The van der Waals surface area contributed by atoms with Gasteiger partial charge in [-0.15, -0.1) is 0 Å². The molecule has 132 valence electrons. The average Bonchev–Trinajstić information content (AvgIpc) is 2.48. The van der Waals surface area contributed by atoms with Crippen molar-refractivity contribution in [1.82, 2.24) is 0 Å². The lowest BCUT2D eigenvalue weighted by Gasteiger charge is -2.14. The maximum absolute atomic E-state index is 10.6. The third-order valence-corrected chi connectivity index (χ3v) is 4.72. The van der Waals surface area contributed by atoms with Crippen LogP contribution < -0.4 is 5.73 Å². The number of carboxylic acid groups (broad SMARTS) is 1. The van der Waals surface area contributed by atoms with E-state index in [2.05, 4.69) is 20.8 Å². The molecular formula is C19H39NO2. The van der Waals surface area contributed by atoms with Crippen LogP contribution in [0.3, 0.4) is 0 Å². The summed E-state index contributed by atoms with van der Waals surface area (Å²) in [6.45, 7) is 7.03. The summed E-state index contributed by atoms with van der Waals surface area (Å²) in [5, 5.41) is 8.70. The van der Waals surface area contributed by atoms with Gasteiger partial charge >= 0.3 is 5.97 Å². The Bertz CT molecular complexity index is 268. The number of hydrogen-bond acceptors (Lipinski definition) is 2. The summed E-state index contributed by atoms with van der Waals surface area (Å²) in [6, 6.07) is -0.673. The third-order valence-electron chi connectivity index (χ3n) is 4.72. The van der Waals surface area contributed by atoms with Crippen LogP contribution in [-0.4, -0.2) is 17.1 Å². The van der Waals surface area contributed by atoms with E-state index in [-0.39, 0.29) is 0 Å². The van der Waals surface area contributed by atoms with E-state index in [4.69, 9.17) is 10.8 Å². The number of aliphatic carboxylic acids is 1. The first kappa shape index (κ1) is 21.4. The van der Waals surface area contributed by atoms with Crippen LogP contribution >= 0.6 is 0 Å². The van der Waals surface area contributed by atoms with E-state index in [1.807, 2.05) is 0 Å². The quantitative estimate of drug-likeness (QED) is 0.399. The van der Waals surface area contributed by atoms with Crippen LogP contribution in [0.25, 0.3) is 0 Å². The number of rotatable bonds is 15. The number of unbranched alkanes of at least 4 members (excludes halogenated alkanes) is 4. The second-order valence-corrected chi connectivity index (χ2v) is 7.22. The van der Waals surface area contributed by atoms with E-state index >= 15 is 0 Å². The van der Waals surface area contributed by atoms with Crippen molar-refractivity contribution < 1.29 is 9.90 Å². The highest BCUT2D eigenvalue weighted by atomic mass is 16.4. The molecule has 0 aliphatic rings. The number of hydrogen-bond donors (Lipinski definition) is 2. The second-order valence-electron chi connectivity index (χ2n) is 7.22. The van der Waals surface area contributed by atoms with Crippen molar-refractivity contribution in [3.63, 3.8) is 0 Å². The van der Waals surface area contributed by atoms with Crippen LogP contribution in [0.1, 0.15) is 97.8 Å². The summed E-state index contributed by atoms with van der Waals surface area (Å²) in [5.41, 5.74) is 5.49. The van der Waals surface area contributed by atoms with Crippen molar-refractivity contribution in [2.24, 2.45) is 17.6 Å². The topological polar surface area (TPSA) is 63.3 Å². The highest BCUT2D eigenvalue weighted by Gasteiger charge is 2.10. The lowest BCUT2D eigenvalue weighted by atomic mass is 9.92. The summed E-state index contributed by atoms with van der Waals surface area (Å²) in [4.78, 5) is 10.6. The Morgan fingerprint density at radius 3 is 1.77 bits per heavy atom. The Morgan fingerprint density at radius 2 is 1.27 bits per heavy atom. The van der Waals surface area contributed by atoms with Gasteiger partial charge in [0, 0.05) is 0 Å². The fourth-order valence-corrected chi connectivity index (χ4v) is 2.99. The maximum atomic E-state index is 10.6. The van der Waals surface area contributed by atoms with E-state index in [1.165, 1.54) is 57.8 Å². The summed E-state index contributed by atoms with van der Waals surface area (Å²) in [5.74, 6) is 0.854. The first-order chi connectivity index (χ1) is 10.5. The first-order valence-corrected chi connectivity index (χ1v) is 9.45. The molecule has 0 aromatic carbocycles. The van der Waals surface area contributed by atoms with E-state index in [0.29, 0.717) is 6.42 Å². The van der Waals surface area contributed by atoms with Gasteiger partial charge in [-0.1, -0.05) is 91.4 Å². The van der Waals surface area contributed by atoms with Gasteiger partial charge in [-0.05, 0) is 18.3 Å². The molecule has 3 atom stereocenters. The van der Waals surface area contributed by atoms with Gasteiger partial charge in [0.15, 0.2) is 0 Å². The van der Waals surface area contributed by atoms with Crippen LogP contribution in [0.4, 0.5) is 0 Å². The Kier molecular flexibility index (Phi) is 13.7. The van der Waals surface area contributed by atoms with Crippen molar-refractivity contribution in [2.75, 3.05) is 0 Å². The molecule has 0 aromatic heterocycles. The molecular weight excluding hydrogens is 274 g/mol. The smallest absolute Gasteiger partial charge is 0.320 e. The fourth-order valence-electron chi connectivity index (χ4n) is 2.99. The van der Waals surface area contributed by atoms with Crippen molar-refractivity contribution in [3.8, 4) is 0 Å². The van der Waals surface area contributed by atoms with E-state index in [0.717, 1.165) is 24.7 Å². The zero-order chi connectivity index (χ0) is 16.8. The summed E-state index contributed by atoms with van der Waals surface area (Å²) < 4.78 is 0. The fraction of sp³-hybridized carbons (Fsp3) is 0.947. The molecule has 3 unspecified atom stereocenters. The summed E-state index contributed by atoms with van der Waals surface area (Å²) >= 11 is 0. The Balaban J connectivity index is 3.39. The predicted octanol–water partition coefficient (Wildman–Crippen LogP) is 5.37. The Labute approximate surface area is 138 Å².